The van der Waals surface area contributed by atoms with Gasteiger partial charge in [0.1, 0.15) is 0 Å². The average molecular weight is 1010 g/mol. The molecule has 1 aliphatic rings. The third kappa shape index (κ3) is 34.4. The van der Waals surface area contributed by atoms with Crippen LogP contribution in [-0.2, 0) is 27.3 Å². The molecule has 0 unspecified atom stereocenters. The summed E-state index contributed by atoms with van der Waals surface area (Å²) in [5.74, 6) is 0. The monoisotopic (exact) mass is 1010 g/mol. The molecule has 1 aliphatic heterocycles. The Labute approximate surface area is 444 Å². The Hall–Kier alpha value is -1.99. The molecule has 70 heavy (non-hydrogen) atoms. The first-order valence-electron chi connectivity index (χ1n) is 31.1. The average Bonchev–Trinajstić information content (AvgIpc) is 3.68. The van der Waals surface area contributed by atoms with E-state index in [1.807, 2.05) is 14.4 Å². The number of aryl methyl sites for hydroxylation is 2. The number of hydrogen-bond donors (Lipinski definition) is 0. The van der Waals surface area contributed by atoms with Crippen LogP contribution in [0.1, 0.15) is 327 Å². The number of unbranched alkanes of at least 4 members (excludes halogenated alkanes) is 38. The van der Waals surface area contributed by atoms with Gasteiger partial charge in [0.15, 0.2) is 0 Å². The minimum absolute atomic E-state index is 0.867. The zero-order chi connectivity index (χ0) is 50.2. The van der Waals surface area contributed by atoms with Crippen molar-refractivity contribution in [1.29, 1.82) is 0 Å². The van der Waals surface area contributed by atoms with E-state index >= 15 is 0 Å². The van der Waals surface area contributed by atoms with E-state index in [0.717, 1.165) is 40.9 Å². The van der Waals surface area contributed by atoms with Gasteiger partial charge in [-0.3, -0.25) is 0 Å². The summed E-state index contributed by atoms with van der Waals surface area (Å²) in [5.41, 5.74) is 18.8. The van der Waals surface area contributed by atoms with Gasteiger partial charge in [-0.2, -0.15) is 0 Å². The van der Waals surface area contributed by atoms with E-state index in [0.29, 0.717) is 0 Å². The Kier molecular flexibility index (Phi) is 44.0. The Morgan fingerprint density at radius 1 is 0.357 bits per heavy atom. The third-order valence-electron chi connectivity index (χ3n) is 14.9. The fourth-order valence-electron chi connectivity index (χ4n) is 10.3. The number of benzene rings is 2. The number of allylic oxidation sites excluding steroid dienone is 2. The molecule has 0 aliphatic carbocycles. The Balaban J connectivity index is 0.000000505. The molecule has 0 amide bonds. The maximum atomic E-state index is 11.0. The topological polar surface area (TPSA) is 25.3 Å². The molecule has 3 rings (SSSR count). The SMILES string of the molecule is CCCCCCCCCCCCCCCCCCC[CH2][Ni][CH2]CCCCCCCCCCCCCCCCCCC.CCCCCc1cccc(C2=CC(C)=C(c3cccc(CCCCC)c3)[N+]2=[N-])c1. The van der Waals surface area contributed by atoms with Crippen LogP contribution in [0.15, 0.2) is 60.2 Å². The molecule has 0 aromatic heterocycles. The van der Waals surface area contributed by atoms with Crippen LogP contribution in [0.4, 0.5) is 0 Å². The summed E-state index contributed by atoms with van der Waals surface area (Å²) in [4.78, 5) is 0. The molecule has 0 bridgehead atoms. The van der Waals surface area contributed by atoms with Crippen molar-refractivity contribution in [2.45, 2.75) is 328 Å². The minimum Gasteiger partial charge on any atom is -0.493 e. The second kappa shape index (κ2) is 48.0. The predicted octanol–water partition coefficient (Wildman–Crippen LogP) is 24.0. The van der Waals surface area contributed by atoms with Gasteiger partial charge in [-0.05, 0) is 68.0 Å². The van der Waals surface area contributed by atoms with E-state index in [1.54, 1.807) is 0 Å². The first kappa shape index (κ1) is 64.1. The fourth-order valence-corrected chi connectivity index (χ4v) is 11.5. The Morgan fingerprint density at radius 3 is 0.986 bits per heavy atom. The van der Waals surface area contributed by atoms with E-state index < -0.39 is 0 Å². The van der Waals surface area contributed by atoms with E-state index in [4.69, 9.17) is 0 Å². The minimum atomic E-state index is 0.867. The van der Waals surface area contributed by atoms with Crippen LogP contribution < -0.4 is 0 Å². The van der Waals surface area contributed by atoms with Crippen molar-refractivity contribution in [3.05, 3.63) is 88.0 Å². The van der Waals surface area contributed by atoms with Crippen LogP contribution in [0.25, 0.3) is 16.9 Å². The zero-order valence-electron chi connectivity index (χ0n) is 47.4. The van der Waals surface area contributed by atoms with Crippen LogP contribution in [0.3, 0.4) is 0 Å². The standard InChI is InChI=1S/C27H34N2.2C20H41.Ni/c1-4-6-8-12-22-14-10-16-24(19-22)26-18-21(3)27(29(26)28)25-17-11-15-23(20-25)13-9-7-5-2;2*1-3-5-7-9-11-13-15-17-19-20-18-16-14-12-10-8-6-4-2;/h10-11,14-20H,4-9,12-13H2,1-3H3;2*1,3-20H2,2H3;. The molecule has 2 aromatic rings. The summed E-state index contributed by atoms with van der Waals surface area (Å²) in [6.07, 6.45) is 64.9. The molecular formula is C67H116N2Ni. The van der Waals surface area contributed by atoms with Gasteiger partial charge in [0.05, 0.1) is 0 Å². The zero-order valence-corrected chi connectivity index (χ0v) is 48.4. The van der Waals surface area contributed by atoms with Gasteiger partial charge in [0, 0.05) is 22.8 Å². The van der Waals surface area contributed by atoms with Crippen LogP contribution in [-0.4, -0.2) is 4.70 Å². The van der Waals surface area contributed by atoms with Crippen molar-refractivity contribution in [2.24, 2.45) is 0 Å². The van der Waals surface area contributed by atoms with Crippen molar-refractivity contribution in [3.8, 4) is 0 Å². The molecule has 0 atom stereocenters. The van der Waals surface area contributed by atoms with Crippen LogP contribution in [0, 0.1) is 0 Å². The van der Waals surface area contributed by atoms with Crippen LogP contribution in [0.2, 0.25) is 10.8 Å². The summed E-state index contributed by atoms with van der Waals surface area (Å²) in [5, 5.41) is 2.87. The normalized spacial score (nSPS) is 12.6. The molecule has 3 heteroatoms. The Morgan fingerprint density at radius 2 is 0.643 bits per heavy atom. The number of hydrogen-bond acceptors (Lipinski definition) is 0. The summed E-state index contributed by atoms with van der Waals surface area (Å²) in [6, 6.07) is 17.2. The first-order chi connectivity index (χ1) is 34.5. The molecule has 0 saturated carbocycles. The van der Waals surface area contributed by atoms with Crippen molar-refractivity contribution in [2.75, 3.05) is 0 Å². The molecule has 0 radical (unpaired) electrons. The van der Waals surface area contributed by atoms with Gasteiger partial charge >= 0.3 is 166 Å². The summed E-state index contributed by atoms with van der Waals surface area (Å²) < 4.78 is 1.38. The quantitative estimate of drug-likeness (QED) is 0.0359. The van der Waals surface area contributed by atoms with E-state index in [1.165, 1.54) is 296 Å². The summed E-state index contributed by atoms with van der Waals surface area (Å²) >= 11 is 2.05. The third-order valence-corrected chi connectivity index (χ3v) is 16.3. The van der Waals surface area contributed by atoms with E-state index in [9.17, 15) is 5.53 Å². The van der Waals surface area contributed by atoms with E-state index in [2.05, 4.69) is 89.2 Å². The number of rotatable bonds is 48. The van der Waals surface area contributed by atoms with Gasteiger partial charge in [-0.25, -0.2) is 4.70 Å². The smallest absolute Gasteiger partial charge is 0.493 e. The number of nitrogens with zero attached hydrogens (tertiary/aromatic N) is 2. The maximum absolute atomic E-state index is 11.0. The molecule has 0 fully saturated rings. The van der Waals surface area contributed by atoms with Crippen molar-refractivity contribution < 1.29 is 19.1 Å². The van der Waals surface area contributed by atoms with Crippen molar-refractivity contribution >= 4 is 11.4 Å². The molecule has 0 spiro atoms. The van der Waals surface area contributed by atoms with Crippen molar-refractivity contribution in [3.63, 3.8) is 0 Å². The van der Waals surface area contributed by atoms with Gasteiger partial charge in [0.2, 0.25) is 11.4 Å². The molecule has 0 N–H and O–H groups in total. The molecule has 404 valence electrons. The molecule has 1 heterocycles. The summed E-state index contributed by atoms with van der Waals surface area (Å²) in [6.45, 7) is 11.2. The molecule has 0 saturated heterocycles. The van der Waals surface area contributed by atoms with Crippen LogP contribution in [0.5, 0.6) is 0 Å². The molecule has 2 nitrogen and oxygen atoms in total. The molecular weight excluding hydrogens is 891 g/mol. The second-order valence-corrected chi connectivity index (χ2v) is 23.2. The fraction of sp³-hybridized carbons (Fsp3) is 0.761. The van der Waals surface area contributed by atoms with Crippen molar-refractivity contribution in [1.82, 2.24) is 0 Å². The van der Waals surface area contributed by atoms with Gasteiger partial charge in [-0.15, -0.1) is 0 Å². The first-order valence-corrected chi connectivity index (χ1v) is 32.5. The van der Waals surface area contributed by atoms with Gasteiger partial charge in [-0.1, -0.05) is 168 Å². The van der Waals surface area contributed by atoms with Crippen LogP contribution >= 0.6 is 0 Å². The second-order valence-electron chi connectivity index (χ2n) is 21.7. The molecule has 2 aromatic carbocycles. The van der Waals surface area contributed by atoms with Gasteiger partial charge < -0.3 is 5.53 Å². The Bertz CT molecular complexity index is 1520. The summed E-state index contributed by atoms with van der Waals surface area (Å²) in [7, 11) is 0. The van der Waals surface area contributed by atoms with Gasteiger partial charge in [0.25, 0.3) is 0 Å². The van der Waals surface area contributed by atoms with E-state index in [-0.39, 0.29) is 0 Å². The predicted molar refractivity (Wildman–Crippen MR) is 311 cm³/mol.